The van der Waals surface area contributed by atoms with Gasteiger partial charge in [0.05, 0.1) is 11.0 Å². The number of anilines is 3. The summed E-state index contributed by atoms with van der Waals surface area (Å²) in [5, 5.41) is 2.31. The second kappa shape index (κ2) is 14.3. The number of benzene rings is 8. The third-order valence-corrected chi connectivity index (χ3v) is 10.2. The summed E-state index contributed by atoms with van der Waals surface area (Å²) in [6, 6.07) is 74.0. The lowest BCUT2D eigenvalue weighted by Crippen LogP contribution is -2.09. The highest BCUT2D eigenvalue weighted by Crippen LogP contribution is 2.38. The van der Waals surface area contributed by atoms with Gasteiger partial charge in [0.15, 0.2) is 11.6 Å². The molecule has 0 saturated heterocycles. The Bertz CT molecular complexity index is 2900. The van der Waals surface area contributed by atoms with E-state index in [9.17, 15) is 0 Å². The standard InChI is InChI=1S/C51H35N5/c1-4-16-36(17-5-1)37-30-32-43(33-31-37)55(42-23-8-3-9-24-42)44-25-15-21-40(35-44)39-20-14-22-41(34-39)50-52-49(38-18-6-2-7-19-38)53-51(54-50)56-47-28-12-10-26-45(47)46-27-11-13-29-48(46)56/h1-35H. The molecule has 2 aromatic heterocycles. The van der Waals surface area contributed by atoms with E-state index >= 15 is 0 Å². The smallest absolute Gasteiger partial charge is 0.238 e. The predicted molar refractivity (Wildman–Crippen MR) is 231 cm³/mol. The van der Waals surface area contributed by atoms with Gasteiger partial charge in [0, 0.05) is 39.0 Å². The molecule has 10 aromatic rings. The van der Waals surface area contributed by atoms with Crippen LogP contribution in [-0.2, 0) is 0 Å². The summed E-state index contributed by atoms with van der Waals surface area (Å²) in [7, 11) is 0. The molecule has 0 saturated carbocycles. The quantitative estimate of drug-likeness (QED) is 0.157. The maximum absolute atomic E-state index is 5.19. The molecule has 0 unspecified atom stereocenters. The molecule has 0 spiro atoms. The molecular weight excluding hydrogens is 683 g/mol. The first kappa shape index (κ1) is 33.0. The van der Waals surface area contributed by atoms with Crippen molar-refractivity contribution in [3.05, 3.63) is 212 Å². The summed E-state index contributed by atoms with van der Waals surface area (Å²) >= 11 is 0. The van der Waals surface area contributed by atoms with E-state index in [0.717, 1.165) is 61.1 Å². The van der Waals surface area contributed by atoms with Crippen molar-refractivity contribution in [3.63, 3.8) is 0 Å². The summed E-state index contributed by atoms with van der Waals surface area (Å²) in [4.78, 5) is 17.7. The van der Waals surface area contributed by atoms with Crippen molar-refractivity contribution in [1.29, 1.82) is 0 Å². The molecule has 264 valence electrons. The van der Waals surface area contributed by atoms with Crippen molar-refractivity contribution in [2.45, 2.75) is 0 Å². The van der Waals surface area contributed by atoms with E-state index in [2.05, 4.69) is 185 Å². The molecule has 0 bridgehead atoms. The molecule has 0 amide bonds. The molecule has 0 aliphatic heterocycles. The van der Waals surface area contributed by atoms with Crippen LogP contribution in [0.4, 0.5) is 17.1 Å². The third kappa shape index (κ3) is 6.17. The number of aromatic nitrogens is 4. The van der Waals surface area contributed by atoms with Gasteiger partial charge in [-0.3, -0.25) is 4.57 Å². The summed E-state index contributed by atoms with van der Waals surface area (Å²) in [5.74, 6) is 1.81. The summed E-state index contributed by atoms with van der Waals surface area (Å²) < 4.78 is 2.15. The first-order chi connectivity index (χ1) is 27.8. The maximum Gasteiger partial charge on any atom is 0.238 e. The Morgan fingerprint density at radius 3 is 1.41 bits per heavy atom. The van der Waals surface area contributed by atoms with Crippen LogP contribution in [0.25, 0.3) is 72.8 Å². The highest BCUT2D eigenvalue weighted by Gasteiger charge is 2.18. The highest BCUT2D eigenvalue weighted by molar-refractivity contribution is 6.09. The molecule has 5 nitrogen and oxygen atoms in total. The molecule has 10 rings (SSSR count). The van der Waals surface area contributed by atoms with Crippen molar-refractivity contribution in [2.24, 2.45) is 0 Å². The van der Waals surface area contributed by atoms with Gasteiger partial charge in [0.1, 0.15) is 0 Å². The van der Waals surface area contributed by atoms with E-state index in [0.29, 0.717) is 17.6 Å². The van der Waals surface area contributed by atoms with E-state index in [4.69, 9.17) is 15.0 Å². The van der Waals surface area contributed by atoms with Crippen LogP contribution in [0.2, 0.25) is 0 Å². The van der Waals surface area contributed by atoms with Crippen LogP contribution in [-0.4, -0.2) is 19.5 Å². The van der Waals surface area contributed by atoms with Crippen LogP contribution in [0.3, 0.4) is 0 Å². The number of fused-ring (bicyclic) bond motifs is 3. The lowest BCUT2D eigenvalue weighted by atomic mass is 10.0. The molecule has 0 N–H and O–H groups in total. The Kier molecular flexibility index (Phi) is 8.43. The Labute approximate surface area is 325 Å². The lowest BCUT2D eigenvalue weighted by Gasteiger charge is -2.26. The van der Waals surface area contributed by atoms with E-state index in [-0.39, 0.29) is 0 Å². The second-order valence-corrected chi connectivity index (χ2v) is 13.7. The SMILES string of the molecule is c1ccc(-c2ccc(N(c3ccccc3)c3cccc(-c4cccc(-c5nc(-c6ccccc6)nc(-n6c7ccccc7c7ccccc76)n5)c4)c3)cc2)cc1. The highest BCUT2D eigenvalue weighted by atomic mass is 15.2. The van der Waals surface area contributed by atoms with Gasteiger partial charge in [-0.25, -0.2) is 4.98 Å². The number of hydrogen-bond donors (Lipinski definition) is 0. The fourth-order valence-electron chi connectivity index (χ4n) is 7.57. The van der Waals surface area contributed by atoms with Gasteiger partial charge < -0.3 is 4.90 Å². The Hall–Kier alpha value is -7.63. The molecule has 0 aliphatic rings. The number of rotatable bonds is 8. The lowest BCUT2D eigenvalue weighted by molar-refractivity contribution is 0.953. The molecule has 0 aliphatic carbocycles. The number of nitrogens with zero attached hydrogens (tertiary/aromatic N) is 5. The Balaban J connectivity index is 1.08. The van der Waals surface area contributed by atoms with Crippen LogP contribution in [0.5, 0.6) is 0 Å². The van der Waals surface area contributed by atoms with Gasteiger partial charge >= 0.3 is 0 Å². The van der Waals surface area contributed by atoms with Gasteiger partial charge in [0.2, 0.25) is 5.95 Å². The van der Waals surface area contributed by atoms with E-state index in [1.54, 1.807) is 0 Å². The van der Waals surface area contributed by atoms with Gasteiger partial charge in [-0.15, -0.1) is 0 Å². The van der Waals surface area contributed by atoms with Crippen molar-refractivity contribution < 1.29 is 0 Å². The molecule has 0 radical (unpaired) electrons. The molecule has 8 aromatic carbocycles. The minimum absolute atomic E-state index is 0.579. The minimum atomic E-state index is 0.579. The third-order valence-electron chi connectivity index (χ3n) is 10.2. The Morgan fingerprint density at radius 2 is 0.750 bits per heavy atom. The number of hydrogen-bond acceptors (Lipinski definition) is 4. The fourth-order valence-corrected chi connectivity index (χ4v) is 7.57. The first-order valence-electron chi connectivity index (χ1n) is 18.8. The molecule has 0 fully saturated rings. The second-order valence-electron chi connectivity index (χ2n) is 13.7. The van der Waals surface area contributed by atoms with Gasteiger partial charge in [-0.05, 0) is 76.9 Å². The monoisotopic (exact) mass is 717 g/mol. The zero-order chi connectivity index (χ0) is 37.3. The number of para-hydroxylation sites is 3. The first-order valence-corrected chi connectivity index (χ1v) is 18.8. The van der Waals surface area contributed by atoms with Crippen LogP contribution in [0.15, 0.2) is 212 Å². The van der Waals surface area contributed by atoms with Crippen molar-refractivity contribution in [1.82, 2.24) is 19.5 Å². The average Bonchev–Trinajstić information content (AvgIpc) is 3.62. The minimum Gasteiger partial charge on any atom is -0.310 e. The zero-order valence-electron chi connectivity index (χ0n) is 30.4. The normalized spacial score (nSPS) is 11.2. The van der Waals surface area contributed by atoms with E-state index in [1.807, 2.05) is 36.4 Å². The van der Waals surface area contributed by atoms with Crippen LogP contribution in [0, 0.1) is 0 Å². The van der Waals surface area contributed by atoms with Crippen LogP contribution >= 0.6 is 0 Å². The molecule has 0 atom stereocenters. The van der Waals surface area contributed by atoms with Crippen molar-refractivity contribution in [3.8, 4) is 51.0 Å². The van der Waals surface area contributed by atoms with E-state index in [1.165, 1.54) is 11.1 Å². The van der Waals surface area contributed by atoms with Gasteiger partial charge in [-0.1, -0.05) is 158 Å². The van der Waals surface area contributed by atoms with Crippen molar-refractivity contribution in [2.75, 3.05) is 4.90 Å². The van der Waals surface area contributed by atoms with Crippen molar-refractivity contribution >= 4 is 38.9 Å². The predicted octanol–water partition coefficient (Wildman–Crippen LogP) is 13.1. The Morgan fingerprint density at radius 1 is 0.304 bits per heavy atom. The maximum atomic E-state index is 5.19. The van der Waals surface area contributed by atoms with Crippen LogP contribution in [0.1, 0.15) is 0 Å². The van der Waals surface area contributed by atoms with Crippen LogP contribution < -0.4 is 4.90 Å². The van der Waals surface area contributed by atoms with Gasteiger partial charge in [0.25, 0.3) is 0 Å². The zero-order valence-corrected chi connectivity index (χ0v) is 30.4. The molecular formula is C51H35N5. The average molecular weight is 718 g/mol. The molecule has 56 heavy (non-hydrogen) atoms. The van der Waals surface area contributed by atoms with Gasteiger partial charge in [-0.2, -0.15) is 9.97 Å². The topological polar surface area (TPSA) is 46.8 Å². The summed E-state index contributed by atoms with van der Waals surface area (Å²) in [6.45, 7) is 0. The molecule has 5 heteroatoms. The molecule has 2 heterocycles. The van der Waals surface area contributed by atoms with E-state index < -0.39 is 0 Å². The largest absolute Gasteiger partial charge is 0.310 e. The summed E-state index contributed by atoms with van der Waals surface area (Å²) in [5.41, 5.74) is 11.7. The summed E-state index contributed by atoms with van der Waals surface area (Å²) in [6.07, 6.45) is 0. The fraction of sp³-hybridized carbons (Fsp3) is 0.